The van der Waals surface area contributed by atoms with Gasteiger partial charge in [0.15, 0.2) is 5.75 Å². The van der Waals surface area contributed by atoms with Gasteiger partial charge >= 0.3 is 5.97 Å². The van der Waals surface area contributed by atoms with E-state index >= 15 is 0 Å². The molecule has 0 atom stereocenters. The van der Waals surface area contributed by atoms with Crippen LogP contribution in [0, 0.1) is 6.92 Å². The van der Waals surface area contributed by atoms with Crippen molar-refractivity contribution in [3.63, 3.8) is 0 Å². The third-order valence-corrected chi connectivity index (χ3v) is 5.88. The second-order valence-corrected chi connectivity index (χ2v) is 8.27. The highest BCUT2D eigenvalue weighted by atomic mass is 35.5. The fourth-order valence-electron chi connectivity index (χ4n) is 2.78. The second kappa shape index (κ2) is 9.60. The number of phenols is 1. The number of phenolic OH excluding ortho intramolecular Hbond substituents is 1. The third-order valence-electron chi connectivity index (χ3n) is 4.29. The molecule has 6 nitrogen and oxygen atoms in total. The van der Waals surface area contributed by atoms with Crippen molar-refractivity contribution in [2.24, 2.45) is 4.99 Å². The largest absolute Gasteiger partial charge is 0.506 e. The van der Waals surface area contributed by atoms with Crippen molar-refractivity contribution in [1.29, 1.82) is 0 Å². The molecule has 0 saturated carbocycles. The van der Waals surface area contributed by atoms with E-state index in [2.05, 4.69) is 4.99 Å². The van der Waals surface area contributed by atoms with Crippen LogP contribution in [-0.2, 0) is 9.53 Å². The topological polar surface area (TPSA) is 96.2 Å². The van der Waals surface area contributed by atoms with Crippen LogP contribution in [0.5, 0.6) is 5.75 Å². The molecule has 1 aliphatic rings. The summed E-state index contributed by atoms with van der Waals surface area (Å²) in [6.45, 7) is 3.49. The molecule has 160 valence electrons. The van der Waals surface area contributed by atoms with Crippen LogP contribution in [0.25, 0.3) is 6.08 Å². The van der Waals surface area contributed by atoms with E-state index < -0.39 is 11.9 Å². The maximum atomic E-state index is 12.7. The minimum Gasteiger partial charge on any atom is -0.506 e. The normalized spacial score (nSPS) is 16.3. The van der Waals surface area contributed by atoms with Gasteiger partial charge in [0.2, 0.25) is 0 Å². The number of ether oxygens (including phenoxy) is 1. The zero-order valence-corrected chi connectivity index (χ0v) is 18.8. The van der Waals surface area contributed by atoms with Gasteiger partial charge in [-0.05, 0) is 49.2 Å². The predicted molar refractivity (Wildman–Crippen MR) is 123 cm³/mol. The molecule has 9 heteroatoms. The highest BCUT2D eigenvalue weighted by Crippen LogP contribution is 2.41. The number of aliphatic hydroxyl groups excluding tert-OH is 1. The number of aryl methyl sites for hydroxylation is 1. The lowest BCUT2D eigenvalue weighted by molar-refractivity contribution is -0.138. The molecule has 0 radical (unpaired) electrons. The molecule has 0 saturated heterocycles. The van der Waals surface area contributed by atoms with Gasteiger partial charge in [-0.3, -0.25) is 4.79 Å². The van der Waals surface area contributed by atoms with Gasteiger partial charge in [-0.2, -0.15) is 0 Å². The Kier molecular flexibility index (Phi) is 7.10. The standard InChI is InChI=1S/C22H17Cl2NO5S/c1-3-30-22(29)17-19(27)16(10-12-8-14(23)18(26)15(24)9-12)31-21(17)25-20(28)13-7-5-4-6-11(13)2/h4-10,26-27H,3H2,1-2H3/b16-10-,25-21?. The molecule has 0 bridgehead atoms. The van der Waals surface area contributed by atoms with Gasteiger partial charge in [0.05, 0.1) is 21.6 Å². The molecular weight excluding hydrogens is 461 g/mol. The van der Waals surface area contributed by atoms with Crippen molar-refractivity contribution in [2.45, 2.75) is 13.8 Å². The van der Waals surface area contributed by atoms with Crippen LogP contribution >= 0.6 is 35.0 Å². The van der Waals surface area contributed by atoms with Gasteiger partial charge in [0, 0.05) is 5.56 Å². The van der Waals surface area contributed by atoms with E-state index in [4.69, 9.17) is 27.9 Å². The average molecular weight is 478 g/mol. The first kappa shape index (κ1) is 22.9. The summed E-state index contributed by atoms with van der Waals surface area (Å²) in [6.07, 6.45) is 1.51. The Morgan fingerprint density at radius 2 is 1.81 bits per heavy atom. The number of hydrogen-bond donors (Lipinski definition) is 2. The number of thioether (sulfide) groups is 1. The monoisotopic (exact) mass is 477 g/mol. The molecule has 31 heavy (non-hydrogen) atoms. The number of aliphatic imine (C=N–C) groups is 1. The second-order valence-electron chi connectivity index (χ2n) is 6.42. The molecule has 3 rings (SSSR count). The highest BCUT2D eigenvalue weighted by Gasteiger charge is 2.34. The van der Waals surface area contributed by atoms with Crippen molar-refractivity contribution >= 4 is 58.0 Å². The van der Waals surface area contributed by atoms with Crippen molar-refractivity contribution in [2.75, 3.05) is 6.61 Å². The zero-order chi connectivity index (χ0) is 22.7. The summed E-state index contributed by atoms with van der Waals surface area (Å²) in [6, 6.07) is 9.81. The van der Waals surface area contributed by atoms with Crippen LogP contribution < -0.4 is 0 Å². The molecule has 1 aliphatic heterocycles. The molecule has 0 aromatic heterocycles. The SMILES string of the molecule is CCOC(=O)C1=C(O)/C(=C/c2cc(Cl)c(O)c(Cl)c2)SC1=NC(=O)c1ccccc1C. The molecule has 2 aromatic carbocycles. The van der Waals surface area contributed by atoms with Crippen molar-refractivity contribution in [3.05, 3.63) is 79.4 Å². The molecule has 0 spiro atoms. The summed E-state index contributed by atoms with van der Waals surface area (Å²) in [5, 5.41) is 20.5. The molecule has 1 heterocycles. The maximum absolute atomic E-state index is 12.7. The first-order chi connectivity index (χ1) is 14.7. The smallest absolute Gasteiger partial charge is 0.344 e. The van der Waals surface area contributed by atoms with E-state index in [1.54, 1.807) is 38.1 Å². The maximum Gasteiger partial charge on any atom is 0.344 e. The summed E-state index contributed by atoms with van der Waals surface area (Å²) in [4.78, 5) is 29.5. The van der Waals surface area contributed by atoms with E-state index in [0.717, 1.165) is 17.3 Å². The van der Waals surface area contributed by atoms with E-state index in [9.17, 15) is 19.8 Å². The Morgan fingerprint density at radius 3 is 2.42 bits per heavy atom. The zero-order valence-electron chi connectivity index (χ0n) is 16.5. The summed E-state index contributed by atoms with van der Waals surface area (Å²) in [5.41, 5.74) is 1.38. The van der Waals surface area contributed by atoms with Crippen molar-refractivity contribution < 1.29 is 24.5 Å². The Morgan fingerprint density at radius 1 is 1.16 bits per heavy atom. The average Bonchev–Trinajstić information content (AvgIpc) is 3.01. The number of amides is 1. The molecule has 1 amide bonds. The van der Waals surface area contributed by atoms with Crippen LogP contribution in [0.15, 0.2) is 57.6 Å². The van der Waals surface area contributed by atoms with E-state index in [1.807, 2.05) is 0 Å². The van der Waals surface area contributed by atoms with Gasteiger partial charge < -0.3 is 14.9 Å². The number of nitrogens with zero attached hydrogens (tertiary/aromatic N) is 1. The van der Waals surface area contributed by atoms with Crippen LogP contribution in [0.4, 0.5) is 0 Å². The Balaban J connectivity index is 2.06. The number of benzene rings is 2. The lowest BCUT2D eigenvalue weighted by Crippen LogP contribution is -2.14. The van der Waals surface area contributed by atoms with Gasteiger partial charge in [-0.1, -0.05) is 53.2 Å². The molecule has 2 aromatic rings. The number of aliphatic hydroxyl groups is 1. The van der Waals surface area contributed by atoms with Crippen LogP contribution in [0.3, 0.4) is 0 Å². The lowest BCUT2D eigenvalue weighted by Gasteiger charge is -2.04. The number of carbonyl (C=O) groups excluding carboxylic acids is 2. The molecule has 2 N–H and O–H groups in total. The van der Waals surface area contributed by atoms with E-state index in [1.165, 1.54) is 18.2 Å². The summed E-state index contributed by atoms with van der Waals surface area (Å²) in [7, 11) is 0. The number of carbonyl (C=O) groups is 2. The van der Waals surface area contributed by atoms with E-state index in [0.29, 0.717) is 11.1 Å². The van der Waals surface area contributed by atoms with Crippen LogP contribution in [-0.4, -0.2) is 33.7 Å². The highest BCUT2D eigenvalue weighted by molar-refractivity contribution is 8.18. The Hall–Kier alpha value is -2.74. The van der Waals surface area contributed by atoms with Gasteiger partial charge in [-0.15, -0.1) is 0 Å². The number of aromatic hydroxyl groups is 1. The summed E-state index contributed by atoms with van der Waals surface area (Å²) in [5.74, 6) is -1.98. The fourth-order valence-corrected chi connectivity index (χ4v) is 4.29. The minimum atomic E-state index is -0.797. The Bertz CT molecular complexity index is 1150. The summed E-state index contributed by atoms with van der Waals surface area (Å²) < 4.78 is 5.03. The van der Waals surface area contributed by atoms with Crippen LogP contribution in [0.1, 0.15) is 28.4 Å². The lowest BCUT2D eigenvalue weighted by atomic mass is 10.1. The predicted octanol–water partition coefficient (Wildman–Crippen LogP) is 5.71. The first-order valence-electron chi connectivity index (χ1n) is 9.10. The molecule has 0 unspecified atom stereocenters. The number of rotatable bonds is 4. The number of esters is 1. The molecular formula is C22H17Cl2NO5S. The molecule has 0 aliphatic carbocycles. The minimum absolute atomic E-state index is 0.0198. The third kappa shape index (κ3) is 4.95. The number of hydrogen-bond acceptors (Lipinski definition) is 6. The van der Waals surface area contributed by atoms with E-state index in [-0.39, 0.29) is 43.7 Å². The van der Waals surface area contributed by atoms with Crippen molar-refractivity contribution in [1.82, 2.24) is 0 Å². The summed E-state index contributed by atoms with van der Waals surface area (Å²) >= 11 is 12.8. The fraction of sp³-hybridized carbons (Fsp3) is 0.136. The quantitative estimate of drug-likeness (QED) is 0.547. The first-order valence-corrected chi connectivity index (χ1v) is 10.7. The van der Waals surface area contributed by atoms with Gasteiger partial charge in [0.1, 0.15) is 16.4 Å². The van der Waals surface area contributed by atoms with Crippen LogP contribution in [0.2, 0.25) is 10.0 Å². The van der Waals surface area contributed by atoms with Gasteiger partial charge in [-0.25, -0.2) is 9.79 Å². The van der Waals surface area contributed by atoms with Gasteiger partial charge in [0.25, 0.3) is 5.91 Å². The molecule has 0 fully saturated rings. The number of halogens is 2. The van der Waals surface area contributed by atoms with Crippen molar-refractivity contribution in [3.8, 4) is 5.75 Å². The Labute approximate surface area is 192 Å².